The molecule has 0 aliphatic heterocycles. The third-order valence-electron chi connectivity index (χ3n) is 2.68. The van der Waals surface area contributed by atoms with Gasteiger partial charge in [-0.2, -0.15) is 0 Å². The summed E-state index contributed by atoms with van der Waals surface area (Å²) in [7, 11) is 0. The van der Waals surface area contributed by atoms with Gasteiger partial charge in [0.2, 0.25) is 0 Å². The number of fused-ring (bicyclic) bond motifs is 1. The fraction of sp³-hybridized carbons (Fsp3) is 0.455. The first-order valence-electron chi connectivity index (χ1n) is 4.55. The van der Waals surface area contributed by atoms with Crippen molar-refractivity contribution in [3.8, 4) is 0 Å². The lowest BCUT2D eigenvalue weighted by Crippen LogP contribution is -2.10. The molecule has 1 heteroatoms. The van der Waals surface area contributed by atoms with Gasteiger partial charge in [-0.25, -0.2) is 0 Å². The van der Waals surface area contributed by atoms with E-state index >= 15 is 0 Å². The van der Waals surface area contributed by atoms with Crippen molar-refractivity contribution in [2.75, 3.05) is 5.88 Å². The van der Waals surface area contributed by atoms with Gasteiger partial charge < -0.3 is 0 Å². The van der Waals surface area contributed by atoms with Crippen LogP contribution in [0, 0.1) is 0 Å². The Balaban J connectivity index is 2.37. The van der Waals surface area contributed by atoms with Crippen molar-refractivity contribution in [1.29, 1.82) is 0 Å². The molecule has 1 aromatic carbocycles. The maximum atomic E-state index is 5.91. The molecule has 12 heavy (non-hydrogen) atoms. The van der Waals surface area contributed by atoms with Gasteiger partial charge in [-0.3, -0.25) is 0 Å². The number of halogens is 1. The highest BCUT2D eigenvalue weighted by molar-refractivity contribution is 6.18. The molecular weight excluding hydrogens is 168 g/mol. The van der Waals surface area contributed by atoms with Crippen LogP contribution in [-0.4, -0.2) is 5.88 Å². The minimum absolute atomic E-state index is 0.608. The molecule has 2 rings (SSSR count). The minimum Gasteiger partial charge on any atom is -0.126 e. The lowest BCUT2D eigenvalue weighted by molar-refractivity contribution is 0.594. The predicted molar refractivity (Wildman–Crippen MR) is 52.8 cm³/mol. The molecule has 0 fully saturated rings. The van der Waals surface area contributed by atoms with Gasteiger partial charge >= 0.3 is 0 Å². The van der Waals surface area contributed by atoms with Crippen LogP contribution in [0.25, 0.3) is 0 Å². The van der Waals surface area contributed by atoms with Crippen LogP contribution in [0.2, 0.25) is 0 Å². The Bertz CT molecular complexity index is 267. The highest BCUT2D eigenvalue weighted by Crippen LogP contribution is 2.31. The number of hydrogen-bond acceptors (Lipinski definition) is 0. The second-order valence-corrected chi connectivity index (χ2v) is 3.75. The topological polar surface area (TPSA) is 0 Å². The molecule has 0 saturated carbocycles. The second-order valence-electron chi connectivity index (χ2n) is 3.44. The zero-order valence-electron chi connectivity index (χ0n) is 7.09. The van der Waals surface area contributed by atoms with Gasteiger partial charge in [0.05, 0.1) is 0 Å². The van der Waals surface area contributed by atoms with E-state index in [4.69, 9.17) is 11.6 Å². The van der Waals surface area contributed by atoms with E-state index in [2.05, 4.69) is 24.3 Å². The molecule has 1 aromatic rings. The largest absolute Gasteiger partial charge is 0.126 e. The standard InChI is InChI=1S/C11H13Cl/c12-8-10-6-3-5-9-4-1-2-7-11(9)10/h1-2,4,7,10H,3,5-6,8H2. The minimum atomic E-state index is 0.608. The van der Waals surface area contributed by atoms with Gasteiger partial charge in [-0.15, -0.1) is 11.6 Å². The maximum absolute atomic E-state index is 5.91. The third-order valence-corrected chi connectivity index (χ3v) is 3.05. The maximum Gasteiger partial charge on any atom is 0.0292 e. The molecule has 1 aliphatic rings. The van der Waals surface area contributed by atoms with Crippen molar-refractivity contribution in [2.24, 2.45) is 0 Å². The van der Waals surface area contributed by atoms with E-state index in [1.807, 2.05) is 0 Å². The van der Waals surface area contributed by atoms with Crippen LogP contribution >= 0.6 is 11.6 Å². The smallest absolute Gasteiger partial charge is 0.0292 e. The highest BCUT2D eigenvalue weighted by atomic mass is 35.5. The first kappa shape index (κ1) is 8.12. The summed E-state index contributed by atoms with van der Waals surface area (Å²) in [5.74, 6) is 1.38. The van der Waals surface area contributed by atoms with E-state index in [0.29, 0.717) is 5.92 Å². The number of alkyl halides is 1. The average molecular weight is 181 g/mol. The molecule has 1 unspecified atom stereocenters. The Hall–Kier alpha value is -0.490. The van der Waals surface area contributed by atoms with Crippen molar-refractivity contribution in [1.82, 2.24) is 0 Å². The monoisotopic (exact) mass is 180 g/mol. The van der Waals surface area contributed by atoms with Crippen molar-refractivity contribution in [2.45, 2.75) is 25.2 Å². The van der Waals surface area contributed by atoms with Crippen LogP contribution in [0.1, 0.15) is 29.9 Å². The molecule has 0 N–H and O–H groups in total. The summed E-state index contributed by atoms with van der Waals surface area (Å²) in [5, 5.41) is 0. The van der Waals surface area contributed by atoms with Crippen LogP contribution in [0.5, 0.6) is 0 Å². The van der Waals surface area contributed by atoms with Crippen LogP contribution in [0.15, 0.2) is 24.3 Å². The number of hydrogen-bond donors (Lipinski definition) is 0. The van der Waals surface area contributed by atoms with Crippen molar-refractivity contribution in [3.05, 3.63) is 35.4 Å². The third kappa shape index (κ3) is 1.36. The predicted octanol–water partition coefficient (Wildman–Crippen LogP) is 3.35. The molecule has 0 nitrogen and oxygen atoms in total. The average Bonchev–Trinajstić information content (AvgIpc) is 2.17. The van der Waals surface area contributed by atoms with Gasteiger partial charge in [0.25, 0.3) is 0 Å². The molecule has 0 radical (unpaired) electrons. The summed E-state index contributed by atoms with van der Waals surface area (Å²) in [6.45, 7) is 0. The molecule has 64 valence electrons. The summed E-state index contributed by atoms with van der Waals surface area (Å²) in [4.78, 5) is 0. The van der Waals surface area contributed by atoms with E-state index in [-0.39, 0.29) is 0 Å². The molecule has 0 spiro atoms. The summed E-state index contributed by atoms with van der Waals surface area (Å²) in [5.41, 5.74) is 2.99. The van der Waals surface area contributed by atoms with Crippen molar-refractivity contribution >= 4 is 11.6 Å². The molecule has 0 bridgehead atoms. The first-order chi connectivity index (χ1) is 5.92. The highest BCUT2D eigenvalue weighted by Gasteiger charge is 2.17. The molecule has 0 amide bonds. The van der Waals surface area contributed by atoms with Gasteiger partial charge in [0.15, 0.2) is 0 Å². The van der Waals surface area contributed by atoms with Crippen molar-refractivity contribution in [3.63, 3.8) is 0 Å². The lowest BCUT2D eigenvalue weighted by Gasteiger charge is -2.23. The van der Waals surface area contributed by atoms with Gasteiger partial charge in [0, 0.05) is 5.88 Å². The molecular formula is C11H13Cl. The molecule has 1 atom stereocenters. The second kappa shape index (κ2) is 3.49. The lowest BCUT2D eigenvalue weighted by atomic mass is 9.84. The Morgan fingerprint density at radius 2 is 2.17 bits per heavy atom. The fourth-order valence-corrected chi connectivity index (χ4v) is 2.34. The van der Waals surface area contributed by atoms with E-state index in [0.717, 1.165) is 5.88 Å². The Kier molecular flexibility index (Phi) is 2.36. The zero-order chi connectivity index (χ0) is 8.39. The van der Waals surface area contributed by atoms with Crippen LogP contribution in [-0.2, 0) is 6.42 Å². The molecule has 1 aliphatic carbocycles. The zero-order valence-corrected chi connectivity index (χ0v) is 7.85. The Labute approximate surface area is 78.6 Å². The quantitative estimate of drug-likeness (QED) is 0.582. The van der Waals surface area contributed by atoms with E-state index in [1.165, 1.54) is 30.4 Å². The Morgan fingerprint density at radius 1 is 1.33 bits per heavy atom. The van der Waals surface area contributed by atoms with E-state index < -0.39 is 0 Å². The normalized spacial score (nSPS) is 21.9. The van der Waals surface area contributed by atoms with Crippen LogP contribution in [0.3, 0.4) is 0 Å². The van der Waals surface area contributed by atoms with Gasteiger partial charge in [-0.05, 0) is 36.3 Å². The summed E-state index contributed by atoms with van der Waals surface area (Å²) in [6.07, 6.45) is 3.80. The summed E-state index contributed by atoms with van der Waals surface area (Å²) in [6, 6.07) is 8.69. The van der Waals surface area contributed by atoms with E-state index in [1.54, 1.807) is 0 Å². The number of benzene rings is 1. The van der Waals surface area contributed by atoms with E-state index in [9.17, 15) is 0 Å². The van der Waals surface area contributed by atoms with Gasteiger partial charge in [-0.1, -0.05) is 24.3 Å². The molecule has 0 aromatic heterocycles. The number of rotatable bonds is 1. The number of aryl methyl sites for hydroxylation is 1. The fourth-order valence-electron chi connectivity index (χ4n) is 2.01. The Morgan fingerprint density at radius 3 is 3.00 bits per heavy atom. The first-order valence-corrected chi connectivity index (χ1v) is 5.09. The molecule has 0 heterocycles. The van der Waals surface area contributed by atoms with Gasteiger partial charge in [0.1, 0.15) is 0 Å². The summed E-state index contributed by atoms with van der Waals surface area (Å²) >= 11 is 5.91. The van der Waals surface area contributed by atoms with Crippen LogP contribution in [0.4, 0.5) is 0 Å². The summed E-state index contributed by atoms with van der Waals surface area (Å²) < 4.78 is 0. The van der Waals surface area contributed by atoms with Crippen molar-refractivity contribution < 1.29 is 0 Å². The molecule has 0 saturated heterocycles. The SMILES string of the molecule is ClCC1CCCc2ccccc21. The van der Waals surface area contributed by atoms with Crippen LogP contribution < -0.4 is 0 Å².